The average molecular weight is 402 g/mol. The van der Waals surface area contributed by atoms with Crippen LogP contribution < -0.4 is 5.32 Å². The lowest BCUT2D eigenvalue weighted by molar-refractivity contribution is 0.210. The van der Waals surface area contributed by atoms with Crippen LogP contribution in [-0.4, -0.2) is 16.5 Å². The average Bonchev–Trinajstić information content (AvgIpc) is 3.26. The van der Waals surface area contributed by atoms with Gasteiger partial charge < -0.3 is 10.3 Å². The molecule has 1 aromatic heterocycles. The van der Waals surface area contributed by atoms with Gasteiger partial charge in [-0.3, -0.25) is 0 Å². The van der Waals surface area contributed by atoms with Crippen LogP contribution in [0.4, 0.5) is 0 Å². The molecule has 0 radical (unpaired) electrons. The summed E-state index contributed by atoms with van der Waals surface area (Å²) in [6.07, 6.45) is 11.0. The van der Waals surface area contributed by atoms with Crippen molar-refractivity contribution in [3.8, 4) is 0 Å². The smallest absolute Gasteiger partial charge is 0.123 e. The Labute approximate surface area is 159 Å². The number of H-pyrrole nitrogens is 1. The molecule has 2 heterocycles. The van der Waals surface area contributed by atoms with E-state index in [1.165, 1.54) is 56.2 Å². The van der Waals surface area contributed by atoms with E-state index >= 15 is 0 Å². The first kappa shape index (κ1) is 17.3. The number of hydrogen-bond donors (Lipinski definition) is 2. The Bertz CT molecular complexity index is 696. The molecule has 1 aliphatic heterocycles. The highest BCUT2D eigenvalue weighted by molar-refractivity contribution is 9.10. The summed E-state index contributed by atoms with van der Waals surface area (Å²) in [4.78, 5) is 8.41. The van der Waals surface area contributed by atoms with E-state index in [0.29, 0.717) is 17.4 Å². The zero-order chi connectivity index (χ0) is 17.3. The monoisotopic (exact) mass is 401 g/mol. The highest BCUT2D eigenvalue weighted by Gasteiger charge is 2.40. The summed E-state index contributed by atoms with van der Waals surface area (Å²) >= 11 is 3.53. The van der Waals surface area contributed by atoms with Crippen molar-refractivity contribution in [1.82, 2.24) is 15.3 Å². The Kier molecular flexibility index (Phi) is 5.01. The van der Waals surface area contributed by atoms with E-state index in [1.54, 1.807) is 0 Å². The van der Waals surface area contributed by atoms with Gasteiger partial charge in [0.1, 0.15) is 5.82 Å². The van der Waals surface area contributed by atoms with Gasteiger partial charge in [0, 0.05) is 21.8 Å². The molecule has 3 nitrogen and oxygen atoms in total. The van der Waals surface area contributed by atoms with Gasteiger partial charge in [-0.2, -0.15) is 0 Å². The first-order valence-corrected chi connectivity index (χ1v) is 10.5. The van der Waals surface area contributed by atoms with E-state index in [4.69, 9.17) is 4.98 Å². The summed E-state index contributed by atoms with van der Waals surface area (Å²) in [7, 11) is 0. The predicted octanol–water partition coefficient (Wildman–Crippen LogP) is 5.60. The fraction of sp³-hybridized carbons (Fsp3) is 0.571. The van der Waals surface area contributed by atoms with Crippen molar-refractivity contribution < 1.29 is 0 Å². The second-order valence-electron chi connectivity index (χ2n) is 7.96. The Hall–Kier alpha value is -1.13. The van der Waals surface area contributed by atoms with Crippen molar-refractivity contribution in [2.75, 3.05) is 6.54 Å². The lowest BCUT2D eigenvalue weighted by Gasteiger charge is -2.42. The number of benzene rings is 1. The molecule has 0 amide bonds. The molecule has 2 N–H and O–H groups in total. The molecule has 2 atom stereocenters. The van der Waals surface area contributed by atoms with Gasteiger partial charge in [-0.25, -0.2) is 4.98 Å². The largest absolute Gasteiger partial charge is 0.344 e. The molecule has 2 aliphatic rings. The summed E-state index contributed by atoms with van der Waals surface area (Å²) in [5.41, 5.74) is 3.16. The standard InChI is InChI=1S/C21H28BrN3/c1-15(16-5-7-17(22)8-6-16)9-12-21(10-3-11-21)19-14-24-20(25-19)18-4-2-13-23-18/h5-8,14-15,18,23H,2-4,9-13H2,1H3,(H,24,25). The molecule has 0 spiro atoms. The molecule has 2 aromatic rings. The summed E-state index contributed by atoms with van der Waals surface area (Å²) in [5.74, 6) is 1.75. The third kappa shape index (κ3) is 3.56. The van der Waals surface area contributed by atoms with E-state index in [9.17, 15) is 0 Å². The van der Waals surface area contributed by atoms with Crippen LogP contribution in [0.5, 0.6) is 0 Å². The SMILES string of the molecule is CC(CCC1(c2cnc(C3CCCN3)[nH]2)CCC1)c1ccc(Br)cc1. The third-order valence-corrected chi connectivity index (χ3v) is 6.89. The maximum absolute atomic E-state index is 4.72. The van der Waals surface area contributed by atoms with Crippen molar-refractivity contribution >= 4 is 15.9 Å². The molecule has 1 aromatic carbocycles. The second-order valence-corrected chi connectivity index (χ2v) is 8.87. The van der Waals surface area contributed by atoms with Crippen molar-refractivity contribution in [2.45, 2.75) is 69.2 Å². The van der Waals surface area contributed by atoms with E-state index in [1.807, 2.05) is 0 Å². The van der Waals surface area contributed by atoms with E-state index < -0.39 is 0 Å². The summed E-state index contributed by atoms with van der Waals surface area (Å²) in [5, 5.41) is 3.55. The van der Waals surface area contributed by atoms with Gasteiger partial charge in [0.2, 0.25) is 0 Å². The van der Waals surface area contributed by atoms with E-state index in [2.05, 4.69) is 63.6 Å². The van der Waals surface area contributed by atoms with Gasteiger partial charge in [-0.15, -0.1) is 0 Å². The third-order valence-electron chi connectivity index (χ3n) is 6.36. The van der Waals surface area contributed by atoms with Gasteiger partial charge in [0.05, 0.1) is 6.04 Å². The first-order chi connectivity index (χ1) is 12.2. The normalized spacial score (nSPS) is 23.4. The number of nitrogens with zero attached hydrogens (tertiary/aromatic N) is 1. The molecular weight excluding hydrogens is 374 g/mol. The molecule has 0 bridgehead atoms. The number of nitrogens with one attached hydrogen (secondary N) is 2. The lowest BCUT2D eigenvalue weighted by atomic mass is 9.63. The minimum absolute atomic E-state index is 0.341. The molecular formula is C21H28BrN3. The van der Waals surface area contributed by atoms with Gasteiger partial charge >= 0.3 is 0 Å². The fourth-order valence-electron chi connectivity index (χ4n) is 4.41. The number of rotatable bonds is 6. The Balaban J connectivity index is 1.43. The summed E-state index contributed by atoms with van der Waals surface area (Å²) < 4.78 is 1.16. The highest BCUT2D eigenvalue weighted by Crippen LogP contribution is 2.48. The number of hydrogen-bond acceptors (Lipinski definition) is 2. The minimum atomic E-state index is 0.341. The lowest BCUT2D eigenvalue weighted by Crippen LogP contribution is -2.35. The molecule has 4 heteroatoms. The Morgan fingerprint density at radius 3 is 2.68 bits per heavy atom. The Morgan fingerprint density at radius 1 is 1.24 bits per heavy atom. The zero-order valence-electron chi connectivity index (χ0n) is 15.0. The van der Waals surface area contributed by atoms with Gasteiger partial charge in [0.15, 0.2) is 0 Å². The van der Waals surface area contributed by atoms with Gasteiger partial charge in [-0.1, -0.05) is 41.4 Å². The van der Waals surface area contributed by atoms with Crippen LogP contribution >= 0.6 is 15.9 Å². The van der Waals surface area contributed by atoms with Crippen molar-refractivity contribution in [3.63, 3.8) is 0 Å². The molecule has 134 valence electrons. The number of aromatic nitrogens is 2. The van der Waals surface area contributed by atoms with Crippen LogP contribution in [0.2, 0.25) is 0 Å². The first-order valence-electron chi connectivity index (χ1n) is 9.70. The zero-order valence-corrected chi connectivity index (χ0v) is 16.6. The van der Waals surface area contributed by atoms with Gasteiger partial charge in [-0.05, 0) is 68.7 Å². The maximum atomic E-state index is 4.72. The van der Waals surface area contributed by atoms with Crippen molar-refractivity contribution in [3.05, 3.63) is 52.0 Å². The van der Waals surface area contributed by atoms with Crippen LogP contribution in [0.25, 0.3) is 0 Å². The molecule has 2 unspecified atom stereocenters. The van der Waals surface area contributed by atoms with Crippen LogP contribution in [0.3, 0.4) is 0 Å². The molecule has 1 saturated carbocycles. The second kappa shape index (κ2) is 7.24. The molecule has 1 saturated heterocycles. The van der Waals surface area contributed by atoms with Gasteiger partial charge in [0.25, 0.3) is 0 Å². The van der Waals surface area contributed by atoms with Crippen LogP contribution in [-0.2, 0) is 5.41 Å². The van der Waals surface area contributed by atoms with Crippen molar-refractivity contribution in [1.29, 1.82) is 0 Å². The number of aromatic amines is 1. The Morgan fingerprint density at radius 2 is 2.04 bits per heavy atom. The molecule has 4 rings (SSSR count). The highest BCUT2D eigenvalue weighted by atomic mass is 79.9. The van der Waals surface area contributed by atoms with Crippen LogP contribution in [0.1, 0.15) is 80.9 Å². The minimum Gasteiger partial charge on any atom is -0.344 e. The van der Waals surface area contributed by atoms with E-state index in [0.717, 1.165) is 16.8 Å². The van der Waals surface area contributed by atoms with Crippen LogP contribution in [0.15, 0.2) is 34.9 Å². The summed E-state index contributed by atoms with van der Waals surface area (Å²) in [6.45, 7) is 3.48. The molecule has 2 fully saturated rings. The summed E-state index contributed by atoms with van der Waals surface area (Å²) in [6, 6.07) is 9.25. The molecule has 1 aliphatic carbocycles. The maximum Gasteiger partial charge on any atom is 0.123 e. The van der Waals surface area contributed by atoms with Crippen molar-refractivity contribution in [2.24, 2.45) is 0 Å². The number of halogens is 1. The van der Waals surface area contributed by atoms with E-state index in [-0.39, 0.29) is 0 Å². The topological polar surface area (TPSA) is 40.7 Å². The quantitative estimate of drug-likeness (QED) is 0.660. The fourth-order valence-corrected chi connectivity index (χ4v) is 4.67. The van der Waals surface area contributed by atoms with Crippen LogP contribution in [0, 0.1) is 0 Å². The molecule has 25 heavy (non-hydrogen) atoms. The number of imidazole rings is 1. The predicted molar refractivity (Wildman–Crippen MR) is 106 cm³/mol.